The molecule has 2 saturated heterocycles. The second kappa shape index (κ2) is 7.02. The van der Waals surface area contributed by atoms with Gasteiger partial charge in [0.1, 0.15) is 5.75 Å². The number of nitrogens with zero attached hydrogens (tertiary/aromatic N) is 4. The van der Waals surface area contributed by atoms with E-state index in [4.69, 9.17) is 0 Å². The number of rotatable bonds is 3. The molecule has 2 bridgehead atoms. The van der Waals surface area contributed by atoms with Gasteiger partial charge in [0.15, 0.2) is 5.82 Å². The number of fused-ring (bicyclic) bond motifs is 3. The number of nitrogens with one attached hydrogen (secondary N) is 1. The van der Waals surface area contributed by atoms with Crippen molar-refractivity contribution in [2.75, 3.05) is 11.9 Å². The van der Waals surface area contributed by atoms with Gasteiger partial charge in [-0.15, -0.1) is 10.2 Å². The number of piperidine rings is 2. The number of hydrogen-bond donors (Lipinski definition) is 2. The molecule has 6 heteroatoms. The van der Waals surface area contributed by atoms with Gasteiger partial charge < -0.3 is 15.3 Å². The Hall–Kier alpha value is -2.73. The van der Waals surface area contributed by atoms with Crippen LogP contribution in [-0.4, -0.2) is 45.5 Å². The predicted molar refractivity (Wildman–Crippen MR) is 110 cm³/mol. The Morgan fingerprint density at radius 3 is 2.61 bits per heavy atom. The van der Waals surface area contributed by atoms with Gasteiger partial charge in [0, 0.05) is 48.5 Å². The molecule has 0 saturated carbocycles. The maximum absolute atomic E-state index is 10.4. The monoisotopic (exact) mass is 375 g/mol. The molecular formula is C22H25N5O. The van der Waals surface area contributed by atoms with Gasteiger partial charge in [0.25, 0.3) is 0 Å². The molecule has 1 aromatic carbocycles. The number of anilines is 1. The van der Waals surface area contributed by atoms with E-state index in [0.29, 0.717) is 29.4 Å². The first-order valence-corrected chi connectivity index (χ1v) is 10.1. The number of aromatic nitrogens is 3. The lowest BCUT2D eigenvalue weighted by Crippen LogP contribution is -2.54. The molecule has 2 fully saturated rings. The SMILES string of the molecule is CN(c1ccc(-c2cc3ccncc3cc2O)nn1)[C@@H]1C[C@H]2CCC[C@@H](C1)N2. The van der Waals surface area contributed by atoms with E-state index in [1.807, 2.05) is 24.3 Å². The quantitative estimate of drug-likeness (QED) is 0.730. The molecule has 2 aliphatic rings. The van der Waals surface area contributed by atoms with Crippen molar-refractivity contribution < 1.29 is 5.11 Å². The largest absolute Gasteiger partial charge is 0.507 e. The number of phenolic OH excluding ortho intramolecular Hbond substituents is 1. The van der Waals surface area contributed by atoms with Crippen molar-refractivity contribution in [3.8, 4) is 17.0 Å². The Balaban J connectivity index is 1.39. The number of phenols is 1. The van der Waals surface area contributed by atoms with Gasteiger partial charge in [-0.05, 0) is 61.4 Å². The van der Waals surface area contributed by atoms with Crippen LogP contribution in [0.1, 0.15) is 32.1 Å². The second-order valence-corrected chi connectivity index (χ2v) is 8.10. The lowest BCUT2D eigenvalue weighted by Gasteiger charge is -2.43. The number of hydrogen-bond acceptors (Lipinski definition) is 6. The average molecular weight is 375 g/mol. The van der Waals surface area contributed by atoms with Gasteiger partial charge in [-0.3, -0.25) is 4.98 Å². The third-order valence-electron chi connectivity index (χ3n) is 6.28. The van der Waals surface area contributed by atoms with E-state index in [1.165, 1.54) is 19.3 Å². The van der Waals surface area contributed by atoms with Crippen LogP contribution in [0.2, 0.25) is 0 Å². The maximum Gasteiger partial charge on any atom is 0.151 e. The molecule has 3 aromatic rings. The highest BCUT2D eigenvalue weighted by Gasteiger charge is 2.33. The van der Waals surface area contributed by atoms with Gasteiger partial charge >= 0.3 is 0 Å². The normalized spacial score (nSPS) is 24.2. The summed E-state index contributed by atoms with van der Waals surface area (Å²) in [6.45, 7) is 0. The highest BCUT2D eigenvalue weighted by atomic mass is 16.3. The summed E-state index contributed by atoms with van der Waals surface area (Å²) < 4.78 is 0. The fraction of sp³-hybridized carbons (Fsp3) is 0.409. The third-order valence-corrected chi connectivity index (χ3v) is 6.28. The summed E-state index contributed by atoms with van der Waals surface area (Å²) in [6, 6.07) is 11.3. The second-order valence-electron chi connectivity index (χ2n) is 8.10. The van der Waals surface area contributed by atoms with E-state index in [9.17, 15) is 5.11 Å². The Bertz CT molecular complexity index is 978. The van der Waals surface area contributed by atoms with Crippen LogP contribution < -0.4 is 10.2 Å². The zero-order valence-corrected chi connectivity index (χ0v) is 16.0. The molecular weight excluding hydrogens is 350 g/mol. The van der Waals surface area contributed by atoms with E-state index < -0.39 is 0 Å². The molecule has 6 nitrogen and oxygen atoms in total. The van der Waals surface area contributed by atoms with Crippen LogP contribution in [0.25, 0.3) is 22.0 Å². The molecule has 2 aromatic heterocycles. The summed E-state index contributed by atoms with van der Waals surface area (Å²) in [5, 5.41) is 25.0. The van der Waals surface area contributed by atoms with Crippen molar-refractivity contribution in [1.82, 2.24) is 20.5 Å². The van der Waals surface area contributed by atoms with Crippen LogP contribution in [0.5, 0.6) is 5.75 Å². The van der Waals surface area contributed by atoms with Crippen molar-refractivity contribution in [3.05, 3.63) is 42.7 Å². The number of aromatic hydroxyl groups is 1. The minimum Gasteiger partial charge on any atom is -0.507 e. The predicted octanol–water partition coefficient (Wildman–Crippen LogP) is 3.51. The van der Waals surface area contributed by atoms with Gasteiger partial charge in [-0.25, -0.2) is 0 Å². The minimum absolute atomic E-state index is 0.196. The fourth-order valence-corrected chi connectivity index (χ4v) is 4.72. The molecule has 0 amide bonds. The number of benzene rings is 1. The highest BCUT2D eigenvalue weighted by Crippen LogP contribution is 2.33. The molecule has 0 aliphatic carbocycles. The Morgan fingerprint density at radius 1 is 1.04 bits per heavy atom. The zero-order valence-electron chi connectivity index (χ0n) is 16.0. The summed E-state index contributed by atoms with van der Waals surface area (Å²) in [6.07, 6.45) is 9.73. The maximum atomic E-state index is 10.4. The summed E-state index contributed by atoms with van der Waals surface area (Å²) in [5.74, 6) is 1.08. The summed E-state index contributed by atoms with van der Waals surface area (Å²) in [7, 11) is 2.12. The number of pyridine rings is 1. The molecule has 3 atom stereocenters. The molecule has 144 valence electrons. The highest BCUT2D eigenvalue weighted by molar-refractivity contribution is 5.89. The molecule has 4 heterocycles. The van der Waals surface area contributed by atoms with E-state index in [2.05, 4.69) is 32.4 Å². The first-order valence-electron chi connectivity index (χ1n) is 10.1. The molecule has 5 rings (SSSR count). The van der Waals surface area contributed by atoms with Gasteiger partial charge in [0.05, 0.1) is 5.69 Å². The summed E-state index contributed by atoms with van der Waals surface area (Å²) in [5.41, 5.74) is 1.37. The smallest absolute Gasteiger partial charge is 0.151 e. The average Bonchev–Trinajstić information content (AvgIpc) is 2.72. The Labute approximate surface area is 164 Å². The van der Waals surface area contributed by atoms with Crippen LogP contribution >= 0.6 is 0 Å². The van der Waals surface area contributed by atoms with Crippen molar-refractivity contribution in [1.29, 1.82) is 0 Å². The molecule has 28 heavy (non-hydrogen) atoms. The lowest BCUT2D eigenvalue weighted by atomic mass is 9.83. The van der Waals surface area contributed by atoms with Crippen molar-refractivity contribution in [3.63, 3.8) is 0 Å². The van der Waals surface area contributed by atoms with Gasteiger partial charge in [0.2, 0.25) is 0 Å². The van der Waals surface area contributed by atoms with E-state index in [1.54, 1.807) is 18.5 Å². The Kier molecular flexibility index (Phi) is 4.36. The molecule has 0 spiro atoms. The van der Waals surface area contributed by atoms with Gasteiger partial charge in [-0.1, -0.05) is 6.42 Å². The molecule has 2 N–H and O–H groups in total. The van der Waals surface area contributed by atoms with Crippen molar-refractivity contribution >= 4 is 16.6 Å². The first-order chi connectivity index (χ1) is 13.7. The fourth-order valence-electron chi connectivity index (χ4n) is 4.72. The third kappa shape index (κ3) is 3.18. The topological polar surface area (TPSA) is 74.2 Å². The minimum atomic E-state index is 0.196. The van der Waals surface area contributed by atoms with Crippen LogP contribution in [-0.2, 0) is 0 Å². The van der Waals surface area contributed by atoms with Crippen molar-refractivity contribution in [2.24, 2.45) is 0 Å². The zero-order chi connectivity index (χ0) is 19.1. The summed E-state index contributed by atoms with van der Waals surface area (Å²) in [4.78, 5) is 6.38. The molecule has 2 aliphatic heterocycles. The molecule has 0 radical (unpaired) electrons. The van der Waals surface area contributed by atoms with Crippen molar-refractivity contribution in [2.45, 2.75) is 50.2 Å². The Morgan fingerprint density at radius 2 is 1.86 bits per heavy atom. The van der Waals surface area contributed by atoms with Crippen LogP contribution in [0, 0.1) is 0 Å². The standard InChI is InChI=1S/C22H25N5O/c1-27(18-11-16-3-2-4-17(12-18)24-16)22-6-5-20(25-26-22)19-9-14-7-8-23-13-15(14)10-21(19)28/h5-10,13,16-18,24,28H,2-4,11-12H2,1H3/t16-,17+,18-. The lowest BCUT2D eigenvalue weighted by molar-refractivity contribution is 0.219. The van der Waals surface area contributed by atoms with Gasteiger partial charge in [-0.2, -0.15) is 0 Å². The van der Waals surface area contributed by atoms with E-state index in [-0.39, 0.29) is 5.75 Å². The summed E-state index contributed by atoms with van der Waals surface area (Å²) >= 11 is 0. The first kappa shape index (κ1) is 17.4. The van der Waals surface area contributed by atoms with E-state index in [0.717, 1.165) is 29.4 Å². The molecule has 0 unspecified atom stereocenters. The van der Waals surface area contributed by atoms with E-state index >= 15 is 0 Å². The van der Waals surface area contributed by atoms with Crippen LogP contribution in [0.3, 0.4) is 0 Å². The van der Waals surface area contributed by atoms with Crippen LogP contribution in [0.4, 0.5) is 5.82 Å². The van der Waals surface area contributed by atoms with Crippen LogP contribution in [0.15, 0.2) is 42.7 Å².